The lowest BCUT2D eigenvalue weighted by atomic mass is 10.1. The molecule has 0 radical (unpaired) electrons. The summed E-state index contributed by atoms with van der Waals surface area (Å²) in [5.41, 5.74) is 10.4. The van der Waals surface area contributed by atoms with Crippen molar-refractivity contribution in [3.05, 3.63) is 58.7 Å². The van der Waals surface area contributed by atoms with Gasteiger partial charge in [-0.2, -0.15) is 5.10 Å². The van der Waals surface area contributed by atoms with E-state index in [4.69, 9.17) is 10.5 Å². The third kappa shape index (κ3) is 4.97. The van der Waals surface area contributed by atoms with E-state index < -0.39 is 0 Å². The van der Waals surface area contributed by atoms with Crippen LogP contribution in [0.1, 0.15) is 28.3 Å². The molecule has 29 heavy (non-hydrogen) atoms. The highest BCUT2D eigenvalue weighted by Crippen LogP contribution is 2.19. The number of nitrogens with one attached hydrogen (secondary N) is 1. The van der Waals surface area contributed by atoms with Gasteiger partial charge in [-0.15, -0.1) is 0 Å². The van der Waals surface area contributed by atoms with Crippen molar-refractivity contribution in [3.63, 3.8) is 0 Å². The van der Waals surface area contributed by atoms with Crippen molar-refractivity contribution in [1.82, 2.24) is 19.7 Å². The predicted octanol–water partition coefficient (Wildman–Crippen LogP) is 2.41. The minimum Gasteiger partial charge on any atom is -0.492 e. The number of aromatic nitrogens is 4. The van der Waals surface area contributed by atoms with Gasteiger partial charge in [0.05, 0.1) is 12.1 Å². The van der Waals surface area contributed by atoms with E-state index in [-0.39, 0.29) is 12.3 Å². The van der Waals surface area contributed by atoms with Gasteiger partial charge in [0.2, 0.25) is 5.91 Å². The largest absolute Gasteiger partial charge is 0.492 e. The zero-order chi connectivity index (χ0) is 21.0. The van der Waals surface area contributed by atoms with Gasteiger partial charge in [-0.25, -0.2) is 14.6 Å². The van der Waals surface area contributed by atoms with Crippen LogP contribution >= 0.6 is 0 Å². The molecule has 0 bridgehead atoms. The van der Waals surface area contributed by atoms with Crippen LogP contribution in [-0.4, -0.2) is 38.8 Å². The van der Waals surface area contributed by atoms with Gasteiger partial charge < -0.3 is 15.8 Å². The molecule has 0 unspecified atom stereocenters. The molecule has 152 valence electrons. The molecule has 1 aromatic carbocycles. The minimum atomic E-state index is -0.118. The van der Waals surface area contributed by atoms with E-state index >= 15 is 0 Å². The van der Waals surface area contributed by atoms with Crippen molar-refractivity contribution >= 4 is 11.6 Å². The Balaban J connectivity index is 1.73. The molecular weight excluding hydrogens is 368 g/mol. The van der Waals surface area contributed by atoms with Crippen LogP contribution in [0.25, 0.3) is 5.95 Å². The number of ether oxygens (including phenoxy) is 1. The summed E-state index contributed by atoms with van der Waals surface area (Å²) in [6.45, 7) is 8.57. The number of nitrogens with zero attached hydrogens (tertiary/aromatic N) is 4. The van der Waals surface area contributed by atoms with E-state index in [1.807, 2.05) is 33.8 Å². The van der Waals surface area contributed by atoms with Gasteiger partial charge >= 0.3 is 0 Å². The maximum Gasteiger partial charge on any atom is 0.251 e. The standard InChI is InChI=1S/C21H26N6O2/c1-13-11-14(2)24-21(23-13)27-16(4)19(15(3)26-27)12-20(28)25-17-5-7-18(8-6-17)29-10-9-22/h5-8,11H,9-10,12,22H2,1-4H3,(H,25,28). The lowest BCUT2D eigenvalue weighted by Gasteiger charge is -2.08. The Kier molecular flexibility index (Phi) is 6.23. The summed E-state index contributed by atoms with van der Waals surface area (Å²) in [5, 5.41) is 7.46. The van der Waals surface area contributed by atoms with Crippen LogP contribution in [0.2, 0.25) is 0 Å². The second-order valence-corrected chi connectivity index (χ2v) is 6.90. The second kappa shape index (κ2) is 8.83. The topological polar surface area (TPSA) is 108 Å². The molecule has 0 aliphatic rings. The second-order valence-electron chi connectivity index (χ2n) is 6.90. The Bertz CT molecular complexity index is 991. The van der Waals surface area contributed by atoms with Crippen LogP contribution in [0, 0.1) is 27.7 Å². The Labute approximate surface area is 170 Å². The summed E-state index contributed by atoms with van der Waals surface area (Å²) >= 11 is 0. The normalized spacial score (nSPS) is 10.8. The number of hydrogen-bond acceptors (Lipinski definition) is 6. The number of aryl methyl sites for hydroxylation is 3. The molecule has 8 heteroatoms. The third-order valence-corrected chi connectivity index (χ3v) is 4.46. The maximum absolute atomic E-state index is 12.6. The molecule has 1 amide bonds. The first-order chi connectivity index (χ1) is 13.9. The molecule has 3 aromatic rings. The zero-order valence-corrected chi connectivity index (χ0v) is 17.2. The zero-order valence-electron chi connectivity index (χ0n) is 17.2. The lowest BCUT2D eigenvalue weighted by molar-refractivity contribution is -0.115. The van der Waals surface area contributed by atoms with Crippen molar-refractivity contribution in [2.24, 2.45) is 5.73 Å². The van der Waals surface area contributed by atoms with Gasteiger partial charge in [0, 0.05) is 34.9 Å². The Morgan fingerprint density at radius 3 is 2.38 bits per heavy atom. The maximum atomic E-state index is 12.6. The van der Waals surface area contributed by atoms with Crippen LogP contribution in [0.15, 0.2) is 30.3 Å². The Morgan fingerprint density at radius 1 is 1.10 bits per heavy atom. The molecule has 0 fully saturated rings. The number of rotatable bonds is 7. The molecule has 3 rings (SSSR count). The monoisotopic (exact) mass is 394 g/mol. The van der Waals surface area contributed by atoms with Crippen molar-refractivity contribution in [2.45, 2.75) is 34.1 Å². The molecule has 0 aliphatic carbocycles. The summed E-state index contributed by atoms with van der Waals surface area (Å²) in [7, 11) is 0. The van der Waals surface area contributed by atoms with Gasteiger partial charge in [0.15, 0.2) is 0 Å². The van der Waals surface area contributed by atoms with Crippen LogP contribution in [0.5, 0.6) is 5.75 Å². The first kappa shape index (κ1) is 20.5. The SMILES string of the molecule is Cc1cc(C)nc(-n2nc(C)c(CC(=O)Nc3ccc(OCCN)cc3)c2C)n1. The predicted molar refractivity (Wildman–Crippen MR) is 111 cm³/mol. The molecule has 0 saturated carbocycles. The van der Waals surface area contributed by atoms with Crippen molar-refractivity contribution in [2.75, 3.05) is 18.5 Å². The number of nitrogens with two attached hydrogens (primary N) is 1. The molecule has 3 N–H and O–H groups in total. The fourth-order valence-corrected chi connectivity index (χ4v) is 3.10. The summed E-state index contributed by atoms with van der Waals surface area (Å²) in [5.74, 6) is 1.12. The summed E-state index contributed by atoms with van der Waals surface area (Å²) < 4.78 is 7.14. The van der Waals surface area contributed by atoms with Gasteiger partial charge in [-0.1, -0.05) is 0 Å². The first-order valence-electron chi connectivity index (χ1n) is 9.48. The highest BCUT2D eigenvalue weighted by molar-refractivity contribution is 5.92. The summed E-state index contributed by atoms with van der Waals surface area (Å²) in [6.07, 6.45) is 0.216. The Hall–Kier alpha value is -3.26. The molecule has 0 saturated heterocycles. The molecule has 8 nitrogen and oxygen atoms in total. The molecule has 0 atom stereocenters. The van der Waals surface area contributed by atoms with Crippen molar-refractivity contribution in [1.29, 1.82) is 0 Å². The molecule has 2 aromatic heterocycles. The fraction of sp³-hybridized carbons (Fsp3) is 0.333. The smallest absolute Gasteiger partial charge is 0.251 e. The lowest BCUT2D eigenvalue weighted by Crippen LogP contribution is -2.15. The number of anilines is 1. The van der Waals surface area contributed by atoms with Crippen LogP contribution in [0.3, 0.4) is 0 Å². The number of benzene rings is 1. The number of carbonyl (C=O) groups is 1. The fourth-order valence-electron chi connectivity index (χ4n) is 3.10. The van der Waals surface area contributed by atoms with Crippen molar-refractivity contribution < 1.29 is 9.53 Å². The van der Waals surface area contributed by atoms with E-state index in [9.17, 15) is 4.79 Å². The van der Waals surface area contributed by atoms with E-state index in [1.165, 1.54) is 0 Å². The average Bonchev–Trinajstić information content (AvgIpc) is 2.95. The van der Waals surface area contributed by atoms with E-state index in [0.717, 1.165) is 34.1 Å². The van der Waals surface area contributed by atoms with Gasteiger partial charge in [0.25, 0.3) is 5.95 Å². The molecule has 2 heterocycles. The molecular formula is C21H26N6O2. The van der Waals surface area contributed by atoms with Crippen LogP contribution in [-0.2, 0) is 11.2 Å². The number of hydrogen-bond donors (Lipinski definition) is 2. The average molecular weight is 394 g/mol. The quantitative estimate of drug-likeness (QED) is 0.637. The highest BCUT2D eigenvalue weighted by Gasteiger charge is 2.17. The third-order valence-electron chi connectivity index (χ3n) is 4.46. The minimum absolute atomic E-state index is 0.118. The van der Waals surface area contributed by atoms with Crippen LogP contribution in [0.4, 0.5) is 5.69 Å². The van der Waals surface area contributed by atoms with Gasteiger partial charge in [-0.05, 0) is 58.0 Å². The number of carbonyl (C=O) groups excluding carboxylic acids is 1. The van der Waals surface area contributed by atoms with Gasteiger partial charge in [0.1, 0.15) is 12.4 Å². The number of amides is 1. The summed E-state index contributed by atoms with van der Waals surface area (Å²) in [4.78, 5) is 21.5. The van der Waals surface area contributed by atoms with E-state index in [2.05, 4.69) is 20.4 Å². The van der Waals surface area contributed by atoms with E-state index in [1.54, 1.807) is 28.9 Å². The summed E-state index contributed by atoms with van der Waals surface area (Å²) in [6, 6.07) is 9.12. The van der Waals surface area contributed by atoms with Gasteiger partial charge in [-0.3, -0.25) is 4.79 Å². The van der Waals surface area contributed by atoms with Crippen LogP contribution < -0.4 is 15.8 Å². The van der Waals surface area contributed by atoms with E-state index in [0.29, 0.717) is 24.8 Å². The molecule has 0 spiro atoms. The first-order valence-corrected chi connectivity index (χ1v) is 9.48. The highest BCUT2D eigenvalue weighted by atomic mass is 16.5. The Morgan fingerprint density at radius 2 is 1.76 bits per heavy atom. The van der Waals surface area contributed by atoms with Crippen molar-refractivity contribution in [3.8, 4) is 11.7 Å². The molecule has 0 aliphatic heterocycles.